The Bertz CT molecular complexity index is 1250. The Morgan fingerprint density at radius 2 is 1.53 bits per heavy atom. The second-order valence-corrected chi connectivity index (χ2v) is 7.47. The maximum Gasteiger partial charge on any atom is 0.267 e. The van der Waals surface area contributed by atoms with Crippen LogP contribution in [0.25, 0.3) is 22.3 Å². The van der Waals surface area contributed by atoms with Gasteiger partial charge in [-0.2, -0.15) is 15.6 Å². The minimum atomic E-state index is -0.570. The molecule has 30 heavy (non-hydrogen) atoms. The van der Waals surface area contributed by atoms with E-state index >= 15 is 0 Å². The Morgan fingerprint density at radius 3 is 2.07 bits per heavy atom. The van der Waals surface area contributed by atoms with Crippen molar-refractivity contribution in [3.63, 3.8) is 0 Å². The minimum Gasteiger partial charge on any atom is -0.385 e. The summed E-state index contributed by atoms with van der Waals surface area (Å²) in [4.78, 5) is 15.1. The number of nitrogens with one attached hydrogen (secondary N) is 1. The Hall–Kier alpha value is -4.01. The first-order chi connectivity index (χ1) is 14.5. The number of aromatic amines is 1. The van der Waals surface area contributed by atoms with Crippen molar-refractivity contribution in [3.05, 3.63) is 75.6 Å². The number of thioether (sulfide) groups is 1. The first kappa shape index (κ1) is 20.7. The lowest BCUT2D eigenvalue weighted by Gasteiger charge is -2.12. The van der Waals surface area contributed by atoms with Crippen molar-refractivity contribution in [2.75, 3.05) is 5.75 Å². The number of nitrogens with two attached hydrogens (primary N) is 2. The highest BCUT2D eigenvalue weighted by Crippen LogP contribution is 2.32. The zero-order valence-electron chi connectivity index (χ0n) is 16.1. The summed E-state index contributed by atoms with van der Waals surface area (Å²) >= 11 is 1.12. The van der Waals surface area contributed by atoms with E-state index in [0.29, 0.717) is 16.2 Å². The van der Waals surface area contributed by atoms with E-state index in [4.69, 9.17) is 11.6 Å². The number of hydrogen-bond acceptors (Lipinski definition) is 6. The maximum absolute atomic E-state index is 12.5. The molecule has 0 aliphatic carbocycles. The van der Waals surface area contributed by atoms with Crippen molar-refractivity contribution in [2.24, 2.45) is 16.7 Å². The molecule has 0 saturated carbocycles. The third kappa shape index (κ3) is 4.19. The van der Waals surface area contributed by atoms with Crippen LogP contribution in [0.3, 0.4) is 0 Å². The maximum atomic E-state index is 12.5. The van der Waals surface area contributed by atoms with Crippen molar-refractivity contribution >= 4 is 17.6 Å². The largest absolute Gasteiger partial charge is 0.385 e. The SMILES string of the molecule is Cc1ccc(-c2ccc(-c3c(C#N)c(SC/C(N)=N/N)[nH]c(=O)c3C#N)cc2)cc1. The zero-order valence-corrected chi connectivity index (χ0v) is 17.0. The highest BCUT2D eigenvalue weighted by Gasteiger charge is 2.20. The Kier molecular flexibility index (Phi) is 6.21. The number of aryl methyl sites for hydroxylation is 1. The van der Waals surface area contributed by atoms with Gasteiger partial charge in [-0.15, -0.1) is 0 Å². The quantitative estimate of drug-likeness (QED) is 0.192. The van der Waals surface area contributed by atoms with E-state index in [9.17, 15) is 15.3 Å². The number of nitrogens with zero attached hydrogens (tertiary/aromatic N) is 3. The number of H-pyrrole nitrogens is 1. The number of pyridine rings is 1. The van der Waals surface area contributed by atoms with Crippen LogP contribution in [-0.2, 0) is 0 Å². The molecule has 2 aromatic carbocycles. The van der Waals surface area contributed by atoms with Gasteiger partial charge in [0.2, 0.25) is 0 Å². The summed E-state index contributed by atoms with van der Waals surface area (Å²) in [5.74, 6) is 5.50. The molecule has 0 atom stereocenters. The van der Waals surface area contributed by atoms with Gasteiger partial charge in [0.15, 0.2) is 0 Å². The van der Waals surface area contributed by atoms with Crippen molar-refractivity contribution in [1.82, 2.24) is 4.98 Å². The van der Waals surface area contributed by atoms with Gasteiger partial charge in [0.25, 0.3) is 5.56 Å². The van der Waals surface area contributed by atoms with Crippen LogP contribution in [0.5, 0.6) is 0 Å². The number of hydrogen-bond donors (Lipinski definition) is 3. The Balaban J connectivity index is 2.11. The molecule has 5 N–H and O–H groups in total. The van der Waals surface area contributed by atoms with Gasteiger partial charge in [0.05, 0.1) is 16.3 Å². The third-order valence-corrected chi connectivity index (χ3v) is 5.53. The first-order valence-electron chi connectivity index (χ1n) is 8.91. The van der Waals surface area contributed by atoms with Crippen LogP contribution >= 0.6 is 11.8 Å². The Labute approximate surface area is 177 Å². The lowest BCUT2D eigenvalue weighted by atomic mass is 9.95. The predicted molar refractivity (Wildman–Crippen MR) is 119 cm³/mol. The van der Waals surface area contributed by atoms with E-state index < -0.39 is 5.56 Å². The molecule has 0 spiro atoms. The predicted octanol–water partition coefficient (Wildman–Crippen LogP) is 3.08. The second kappa shape index (κ2) is 8.99. The fraction of sp³-hybridized carbons (Fsp3) is 0.0909. The molecular weight excluding hydrogens is 396 g/mol. The summed E-state index contributed by atoms with van der Waals surface area (Å²) in [5, 5.41) is 23.0. The van der Waals surface area contributed by atoms with Gasteiger partial charge >= 0.3 is 0 Å². The highest BCUT2D eigenvalue weighted by molar-refractivity contribution is 8.00. The molecular formula is C22H18N6OS. The number of benzene rings is 2. The molecule has 7 nitrogen and oxygen atoms in total. The highest BCUT2D eigenvalue weighted by atomic mass is 32.2. The molecule has 0 aliphatic rings. The van der Waals surface area contributed by atoms with Gasteiger partial charge < -0.3 is 16.6 Å². The number of rotatable bonds is 5. The average Bonchev–Trinajstić information content (AvgIpc) is 2.77. The minimum absolute atomic E-state index is 0.112. The van der Waals surface area contributed by atoms with E-state index in [0.717, 1.165) is 22.9 Å². The van der Waals surface area contributed by atoms with E-state index in [1.54, 1.807) is 12.1 Å². The lowest BCUT2D eigenvalue weighted by molar-refractivity contribution is 1.05. The molecule has 0 unspecified atom stereocenters. The molecule has 8 heteroatoms. The molecule has 0 bridgehead atoms. The van der Waals surface area contributed by atoms with Crippen LogP contribution in [0.1, 0.15) is 16.7 Å². The summed E-state index contributed by atoms with van der Waals surface area (Å²) < 4.78 is 0. The first-order valence-corrected chi connectivity index (χ1v) is 9.90. The molecule has 1 heterocycles. The van der Waals surface area contributed by atoms with Crippen LogP contribution in [0, 0.1) is 29.6 Å². The van der Waals surface area contributed by atoms with Crippen LogP contribution < -0.4 is 17.1 Å². The van der Waals surface area contributed by atoms with Gasteiger partial charge in [-0.1, -0.05) is 65.9 Å². The number of hydrazone groups is 1. The molecule has 3 aromatic rings. The molecule has 0 saturated heterocycles. The van der Waals surface area contributed by atoms with Gasteiger partial charge in [0, 0.05) is 5.56 Å². The topological polar surface area (TPSA) is 145 Å². The fourth-order valence-electron chi connectivity index (χ4n) is 2.95. The summed E-state index contributed by atoms with van der Waals surface area (Å²) in [5.41, 5.74) is 9.24. The number of nitriles is 2. The summed E-state index contributed by atoms with van der Waals surface area (Å²) in [7, 11) is 0. The molecule has 3 rings (SSSR count). The summed E-state index contributed by atoms with van der Waals surface area (Å²) in [6.45, 7) is 2.02. The van der Waals surface area contributed by atoms with Crippen molar-refractivity contribution in [2.45, 2.75) is 11.9 Å². The molecule has 0 aliphatic heterocycles. The molecule has 148 valence electrons. The van der Waals surface area contributed by atoms with Crippen molar-refractivity contribution in [1.29, 1.82) is 10.5 Å². The number of aromatic nitrogens is 1. The van der Waals surface area contributed by atoms with Crippen LogP contribution in [0.4, 0.5) is 0 Å². The van der Waals surface area contributed by atoms with Crippen LogP contribution in [0.2, 0.25) is 0 Å². The molecule has 0 amide bonds. The third-order valence-electron chi connectivity index (χ3n) is 4.49. The average molecular weight is 414 g/mol. The monoisotopic (exact) mass is 414 g/mol. The normalized spacial score (nSPS) is 11.0. The van der Waals surface area contributed by atoms with Crippen LogP contribution in [-0.4, -0.2) is 16.6 Å². The lowest BCUT2D eigenvalue weighted by Crippen LogP contribution is -2.19. The summed E-state index contributed by atoms with van der Waals surface area (Å²) in [6, 6.07) is 19.5. The molecule has 1 aromatic heterocycles. The van der Waals surface area contributed by atoms with E-state index in [2.05, 4.69) is 16.2 Å². The number of amidine groups is 1. The smallest absolute Gasteiger partial charge is 0.267 e. The van der Waals surface area contributed by atoms with Gasteiger partial charge in [-0.25, -0.2) is 0 Å². The van der Waals surface area contributed by atoms with Crippen molar-refractivity contribution in [3.8, 4) is 34.4 Å². The standard InChI is InChI=1S/C22H18N6OS/c1-13-2-4-14(5-3-13)15-6-8-16(9-7-15)20-17(10-23)21(29)27-22(18(20)11-24)30-12-19(25)28-26/h2-9H,12,26H2,1H3,(H2,25,28)(H,27,29). The van der Waals surface area contributed by atoms with Gasteiger partial charge in [-0.05, 0) is 23.6 Å². The second-order valence-electron chi connectivity index (χ2n) is 6.48. The van der Waals surface area contributed by atoms with E-state index in [1.165, 1.54) is 5.56 Å². The van der Waals surface area contributed by atoms with Gasteiger partial charge in [-0.3, -0.25) is 4.79 Å². The van der Waals surface area contributed by atoms with E-state index in [1.807, 2.05) is 49.4 Å². The molecule has 0 radical (unpaired) electrons. The molecule has 0 fully saturated rings. The van der Waals surface area contributed by atoms with Gasteiger partial charge in [0.1, 0.15) is 23.5 Å². The zero-order chi connectivity index (χ0) is 21.7. The van der Waals surface area contributed by atoms with Crippen molar-refractivity contribution < 1.29 is 0 Å². The summed E-state index contributed by atoms with van der Waals surface area (Å²) in [6.07, 6.45) is 0. The Morgan fingerprint density at radius 1 is 1.00 bits per heavy atom. The van der Waals surface area contributed by atoms with E-state index in [-0.39, 0.29) is 22.7 Å². The fourth-order valence-corrected chi connectivity index (χ4v) is 3.77. The van der Waals surface area contributed by atoms with Crippen LogP contribution in [0.15, 0.2) is 63.5 Å².